The topological polar surface area (TPSA) is 77.0 Å². The summed E-state index contributed by atoms with van der Waals surface area (Å²) in [6, 6.07) is 11.3. The Hall–Kier alpha value is -2.41. The third-order valence-corrected chi connectivity index (χ3v) is 4.25. The van der Waals surface area contributed by atoms with Gasteiger partial charge in [-0.05, 0) is 25.5 Å². The zero-order valence-electron chi connectivity index (χ0n) is 15.6. The molecular formula is C20H17Cl3N4O2. The molecule has 0 unspecified atom stereocenters. The standard InChI is InChI=1S/C20H17Cl3N4O2/c1-12-8-16(26-19(28)29-11-20(21,22)23)18(14-6-4-3-5-7-14)27-17(12)15-9-24-13(2)25-10-15/h3-10H,11H2,1-2H3,(H,26,28). The highest BCUT2D eigenvalue weighted by Gasteiger charge is 2.23. The van der Waals surface area contributed by atoms with Crippen molar-refractivity contribution in [2.75, 3.05) is 11.9 Å². The molecule has 1 amide bonds. The van der Waals surface area contributed by atoms with Crippen molar-refractivity contribution >= 4 is 46.6 Å². The van der Waals surface area contributed by atoms with Crippen LogP contribution in [0.4, 0.5) is 10.5 Å². The number of hydrogen-bond acceptors (Lipinski definition) is 5. The maximum Gasteiger partial charge on any atom is 0.411 e. The number of alkyl halides is 3. The molecule has 3 rings (SSSR count). The molecule has 2 heterocycles. The van der Waals surface area contributed by atoms with Crippen LogP contribution >= 0.6 is 34.8 Å². The van der Waals surface area contributed by atoms with Gasteiger partial charge in [0.15, 0.2) is 0 Å². The first kappa shape index (κ1) is 21.3. The zero-order chi connectivity index (χ0) is 21.0. The molecule has 0 spiro atoms. The van der Waals surface area contributed by atoms with Gasteiger partial charge < -0.3 is 4.74 Å². The van der Waals surface area contributed by atoms with Crippen molar-refractivity contribution in [3.63, 3.8) is 0 Å². The van der Waals surface area contributed by atoms with Gasteiger partial charge in [-0.15, -0.1) is 0 Å². The van der Waals surface area contributed by atoms with Gasteiger partial charge in [-0.25, -0.2) is 19.7 Å². The van der Waals surface area contributed by atoms with Crippen molar-refractivity contribution in [2.45, 2.75) is 17.6 Å². The van der Waals surface area contributed by atoms with Crippen molar-refractivity contribution < 1.29 is 9.53 Å². The lowest BCUT2D eigenvalue weighted by Crippen LogP contribution is -2.21. The molecule has 0 atom stereocenters. The lowest BCUT2D eigenvalue weighted by atomic mass is 10.0. The van der Waals surface area contributed by atoms with E-state index in [1.54, 1.807) is 18.5 Å². The summed E-state index contributed by atoms with van der Waals surface area (Å²) in [5.41, 5.74) is 4.17. The summed E-state index contributed by atoms with van der Waals surface area (Å²) >= 11 is 16.9. The highest BCUT2D eigenvalue weighted by molar-refractivity contribution is 6.67. The van der Waals surface area contributed by atoms with Crippen LogP contribution in [0.1, 0.15) is 11.4 Å². The minimum atomic E-state index is -1.69. The first-order chi connectivity index (χ1) is 13.7. The van der Waals surface area contributed by atoms with E-state index in [-0.39, 0.29) is 6.61 Å². The fraction of sp³-hybridized carbons (Fsp3) is 0.200. The van der Waals surface area contributed by atoms with Crippen molar-refractivity contribution in [1.29, 1.82) is 0 Å². The molecule has 0 fully saturated rings. The van der Waals surface area contributed by atoms with Gasteiger partial charge in [0.1, 0.15) is 12.4 Å². The lowest BCUT2D eigenvalue weighted by molar-refractivity contribution is 0.164. The second-order valence-corrected chi connectivity index (χ2v) is 8.77. The molecule has 150 valence electrons. The van der Waals surface area contributed by atoms with Gasteiger partial charge in [-0.2, -0.15) is 0 Å². The molecule has 3 aromatic rings. The number of halogens is 3. The molecule has 0 saturated heterocycles. The van der Waals surface area contributed by atoms with Crippen molar-refractivity contribution in [3.05, 3.63) is 60.2 Å². The van der Waals surface area contributed by atoms with E-state index in [0.29, 0.717) is 22.9 Å². The van der Waals surface area contributed by atoms with Crippen LogP contribution in [0.25, 0.3) is 22.5 Å². The average Bonchev–Trinajstić information content (AvgIpc) is 2.68. The largest absolute Gasteiger partial charge is 0.445 e. The van der Waals surface area contributed by atoms with Crippen LogP contribution in [0.5, 0.6) is 0 Å². The Kier molecular flexibility index (Phi) is 6.57. The highest BCUT2D eigenvalue weighted by atomic mass is 35.6. The van der Waals surface area contributed by atoms with Crippen molar-refractivity contribution in [2.24, 2.45) is 0 Å². The molecular weight excluding hydrogens is 435 g/mol. The van der Waals surface area contributed by atoms with Crippen molar-refractivity contribution in [1.82, 2.24) is 15.0 Å². The summed E-state index contributed by atoms with van der Waals surface area (Å²) in [5, 5.41) is 2.68. The van der Waals surface area contributed by atoms with Crippen LogP contribution in [-0.4, -0.2) is 31.4 Å². The zero-order valence-corrected chi connectivity index (χ0v) is 17.9. The van der Waals surface area contributed by atoms with Crippen LogP contribution in [0.15, 0.2) is 48.8 Å². The number of aryl methyl sites for hydroxylation is 2. The molecule has 0 aliphatic rings. The monoisotopic (exact) mass is 450 g/mol. The second kappa shape index (κ2) is 8.95. The molecule has 0 aliphatic carbocycles. The van der Waals surface area contributed by atoms with Gasteiger partial charge in [-0.1, -0.05) is 65.1 Å². The van der Waals surface area contributed by atoms with Crippen molar-refractivity contribution in [3.8, 4) is 22.5 Å². The first-order valence-corrected chi connectivity index (χ1v) is 9.73. The third kappa shape index (κ3) is 5.79. The van der Waals surface area contributed by atoms with E-state index in [1.165, 1.54) is 0 Å². The van der Waals surface area contributed by atoms with Crippen LogP contribution in [0, 0.1) is 13.8 Å². The van der Waals surface area contributed by atoms with Crippen LogP contribution in [-0.2, 0) is 4.74 Å². The molecule has 2 aromatic heterocycles. The number of carbonyl (C=O) groups is 1. The summed E-state index contributed by atoms with van der Waals surface area (Å²) in [4.78, 5) is 25.4. The predicted molar refractivity (Wildman–Crippen MR) is 115 cm³/mol. The van der Waals surface area contributed by atoms with Gasteiger partial charge in [0.2, 0.25) is 3.79 Å². The number of rotatable bonds is 4. The molecule has 1 aromatic carbocycles. The number of benzene rings is 1. The minimum absolute atomic E-state index is 0.380. The number of carbonyl (C=O) groups excluding carboxylic acids is 1. The van der Waals surface area contributed by atoms with Crippen LogP contribution < -0.4 is 5.32 Å². The Bertz CT molecular complexity index is 1010. The quantitative estimate of drug-likeness (QED) is 0.512. The Morgan fingerprint density at radius 2 is 1.69 bits per heavy atom. The summed E-state index contributed by atoms with van der Waals surface area (Å²) in [7, 11) is 0. The highest BCUT2D eigenvalue weighted by Crippen LogP contribution is 2.32. The van der Waals surface area contributed by atoms with Crippen LogP contribution in [0.2, 0.25) is 0 Å². The number of pyridine rings is 1. The van der Waals surface area contributed by atoms with E-state index >= 15 is 0 Å². The second-order valence-electron chi connectivity index (χ2n) is 6.25. The van der Waals surface area contributed by atoms with E-state index in [2.05, 4.69) is 15.3 Å². The summed E-state index contributed by atoms with van der Waals surface area (Å²) in [6.45, 7) is 3.32. The number of aromatic nitrogens is 3. The molecule has 0 saturated carbocycles. The Labute approximate surface area is 183 Å². The molecule has 6 nitrogen and oxygen atoms in total. The lowest BCUT2D eigenvalue weighted by Gasteiger charge is -2.16. The minimum Gasteiger partial charge on any atom is -0.445 e. The normalized spacial score (nSPS) is 11.2. The third-order valence-electron chi connectivity index (χ3n) is 3.92. The first-order valence-electron chi connectivity index (χ1n) is 8.59. The van der Waals surface area contributed by atoms with Gasteiger partial charge >= 0.3 is 6.09 Å². The molecule has 29 heavy (non-hydrogen) atoms. The number of amides is 1. The van der Waals surface area contributed by atoms with E-state index < -0.39 is 9.89 Å². The fourth-order valence-electron chi connectivity index (χ4n) is 2.63. The van der Waals surface area contributed by atoms with E-state index in [0.717, 1.165) is 16.7 Å². The number of anilines is 1. The Morgan fingerprint density at radius 3 is 2.31 bits per heavy atom. The number of nitrogens with one attached hydrogen (secondary N) is 1. The smallest absolute Gasteiger partial charge is 0.411 e. The van der Waals surface area contributed by atoms with Crippen LogP contribution in [0.3, 0.4) is 0 Å². The Morgan fingerprint density at radius 1 is 1.03 bits per heavy atom. The average molecular weight is 452 g/mol. The number of ether oxygens (including phenoxy) is 1. The Balaban J connectivity index is 2.00. The molecule has 9 heteroatoms. The maximum atomic E-state index is 12.2. The SMILES string of the molecule is Cc1ncc(-c2nc(-c3ccccc3)c(NC(=O)OCC(Cl)(Cl)Cl)cc2C)cn1. The van der Waals surface area contributed by atoms with E-state index in [4.69, 9.17) is 44.5 Å². The predicted octanol–water partition coefficient (Wildman–Crippen LogP) is 5.74. The molecule has 0 bridgehead atoms. The van der Waals surface area contributed by atoms with Gasteiger partial charge in [0.25, 0.3) is 0 Å². The van der Waals surface area contributed by atoms with E-state index in [1.807, 2.05) is 44.2 Å². The van der Waals surface area contributed by atoms with E-state index in [9.17, 15) is 4.79 Å². The molecule has 0 aliphatic heterocycles. The summed E-state index contributed by atoms with van der Waals surface area (Å²) in [5.74, 6) is 0.671. The summed E-state index contributed by atoms with van der Waals surface area (Å²) in [6.07, 6.45) is 2.69. The number of nitrogens with zero attached hydrogens (tertiary/aromatic N) is 3. The molecule has 0 radical (unpaired) electrons. The summed E-state index contributed by atoms with van der Waals surface area (Å²) < 4.78 is 3.28. The van der Waals surface area contributed by atoms with Gasteiger partial charge in [-0.3, -0.25) is 5.32 Å². The molecule has 1 N–H and O–H groups in total. The number of hydrogen-bond donors (Lipinski definition) is 1. The fourth-order valence-corrected chi connectivity index (χ4v) is 2.79. The maximum absolute atomic E-state index is 12.2. The van der Waals surface area contributed by atoms with Gasteiger partial charge in [0, 0.05) is 23.5 Å². The van der Waals surface area contributed by atoms with Gasteiger partial charge in [0.05, 0.1) is 17.1 Å².